The first-order chi connectivity index (χ1) is 8.96. The van der Waals surface area contributed by atoms with Gasteiger partial charge in [0.25, 0.3) is 0 Å². The van der Waals surface area contributed by atoms with E-state index in [2.05, 4.69) is 19.2 Å². The third-order valence-corrected chi connectivity index (χ3v) is 4.19. The zero-order valence-corrected chi connectivity index (χ0v) is 11.8. The van der Waals surface area contributed by atoms with Gasteiger partial charge in [0, 0.05) is 12.6 Å². The zero-order chi connectivity index (χ0) is 13.9. The molecule has 1 fully saturated rings. The molecule has 0 aromatic heterocycles. The lowest BCUT2D eigenvalue weighted by Crippen LogP contribution is -2.37. The Balaban J connectivity index is 1.78. The highest BCUT2D eigenvalue weighted by atomic mass is 19.1. The molecule has 0 spiro atoms. The molecule has 0 saturated heterocycles. The number of hydrogen-bond donors (Lipinski definition) is 2. The Labute approximate surface area is 115 Å². The molecule has 0 aliphatic heterocycles. The van der Waals surface area contributed by atoms with Crippen molar-refractivity contribution in [2.75, 3.05) is 6.54 Å². The van der Waals surface area contributed by atoms with Crippen LogP contribution in [0.1, 0.15) is 51.2 Å². The fourth-order valence-corrected chi connectivity index (χ4v) is 2.68. The Morgan fingerprint density at radius 3 is 2.42 bits per heavy atom. The second-order valence-electron chi connectivity index (χ2n) is 6.41. The fraction of sp³-hybridized carbons (Fsp3) is 0.625. The summed E-state index contributed by atoms with van der Waals surface area (Å²) in [5, 5.41) is 13.5. The summed E-state index contributed by atoms with van der Waals surface area (Å²) in [6.45, 7) is 5.17. The van der Waals surface area contributed by atoms with Crippen LogP contribution in [0.15, 0.2) is 24.3 Å². The summed E-state index contributed by atoms with van der Waals surface area (Å²) in [4.78, 5) is 0. The summed E-state index contributed by atoms with van der Waals surface area (Å²) in [7, 11) is 0. The number of rotatable bonds is 4. The van der Waals surface area contributed by atoms with Gasteiger partial charge in [-0.05, 0) is 48.8 Å². The Kier molecular flexibility index (Phi) is 4.58. The van der Waals surface area contributed by atoms with Gasteiger partial charge in [0.1, 0.15) is 5.82 Å². The Morgan fingerprint density at radius 2 is 1.84 bits per heavy atom. The van der Waals surface area contributed by atoms with Crippen molar-refractivity contribution < 1.29 is 9.50 Å². The van der Waals surface area contributed by atoms with Crippen LogP contribution in [0.3, 0.4) is 0 Å². The summed E-state index contributed by atoms with van der Waals surface area (Å²) in [5.74, 6) is -0.265. The van der Waals surface area contributed by atoms with Gasteiger partial charge >= 0.3 is 0 Å². The van der Waals surface area contributed by atoms with Gasteiger partial charge in [0.15, 0.2) is 0 Å². The molecule has 1 saturated carbocycles. The van der Waals surface area contributed by atoms with Crippen molar-refractivity contribution in [3.8, 4) is 0 Å². The van der Waals surface area contributed by atoms with E-state index >= 15 is 0 Å². The van der Waals surface area contributed by atoms with Crippen LogP contribution in [0, 0.1) is 11.2 Å². The lowest BCUT2D eigenvalue weighted by atomic mass is 9.75. The van der Waals surface area contributed by atoms with Crippen LogP contribution in [0.4, 0.5) is 4.39 Å². The molecular formula is C16H24FNO. The topological polar surface area (TPSA) is 32.3 Å². The standard InChI is InChI=1S/C16H24FNO/c1-16(2)9-7-14(8-10-16)18-11-15(19)12-3-5-13(17)6-4-12/h3-6,14-15,18-19H,7-11H2,1-2H3. The van der Waals surface area contributed by atoms with E-state index in [9.17, 15) is 9.50 Å². The lowest BCUT2D eigenvalue weighted by molar-refractivity contribution is 0.152. The van der Waals surface area contributed by atoms with Gasteiger partial charge in [0.05, 0.1) is 6.10 Å². The van der Waals surface area contributed by atoms with Crippen LogP contribution >= 0.6 is 0 Å². The molecule has 1 unspecified atom stereocenters. The minimum Gasteiger partial charge on any atom is -0.387 e. The molecule has 0 amide bonds. The van der Waals surface area contributed by atoms with Crippen LogP contribution in [0.25, 0.3) is 0 Å². The predicted octanol–water partition coefficient (Wildman–Crippen LogP) is 3.42. The SMILES string of the molecule is CC1(C)CCC(NCC(O)c2ccc(F)cc2)CC1. The van der Waals surface area contributed by atoms with Crippen molar-refractivity contribution >= 4 is 0 Å². The molecule has 2 nitrogen and oxygen atoms in total. The molecule has 2 rings (SSSR count). The van der Waals surface area contributed by atoms with Crippen molar-refractivity contribution in [2.24, 2.45) is 5.41 Å². The summed E-state index contributed by atoms with van der Waals surface area (Å²) in [6.07, 6.45) is 4.25. The van der Waals surface area contributed by atoms with Gasteiger partial charge < -0.3 is 10.4 Å². The normalized spacial score (nSPS) is 21.3. The first-order valence-electron chi connectivity index (χ1n) is 7.13. The second-order valence-corrected chi connectivity index (χ2v) is 6.41. The molecule has 1 aromatic rings. The van der Waals surface area contributed by atoms with Gasteiger partial charge in [-0.25, -0.2) is 4.39 Å². The van der Waals surface area contributed by atoms with E-state index in [0.717, 1.165) is 5.56 Å². The van der Waals surface area contributed by atoms with E-state index in [0.29, 0.717) is 18.0 Å². The molecule has 0 radical (unpaired) electrons. The van der Waals surface area contributed by atoms with Gasteiger partial charge in [-0.2, -0.15) is 0 Å². The highest BCUT2D eigenvalue weighted by Crippen LogP contribution is 2.35. The van der Waals surface area contributed by atoms with Crippen molar-refractivity contribution in [1.29, 1.82) is 0 Å². The van der Waals surface area contributed by atoms with E-state index in [-0.39, 0.29) is 5.82 Å². The molecule has 2 N–H and O–H groups in total. The molecule has 0 bridgehead atoms. The quantitative estimate of drug-likeness (QED) is 0.874. The third-order valence-electron chi connectivity index (χ3n) is 4.19. The molecule has 19 heavy (non-hydrogen) atoms. The number of halogens is 1. The molecular weight excluding hydrogens is 241 g/mol. The number of hydrogen-bond acceptors (Lipinski definition) is 2. The summed E-state index contributed by atoms with van der Waals surface area (Å²) in [5.41, 5.74) is 1.23. The average Bonchev–Trinajstić information content (AvgIpc) is 2.38. The molecule has 1 aliphatic carbocycles. The van der Waals surface area contributed by atoms with E-state index in [4.69, 9.17) is 0 Å². The minimum atomic E-state index is -0.560. The number of benzene rings is 1. The largest absolute Gasteiger partial charge is 0.387 e. The van der Waals surface area contributed by atoms with Crippen molar-refractivity contribution in [3.05, 3.63) is 35.6 Å². The molecule has 1 aliphatic rings. The zero-order valence-electron chi connectivity index (χ0n) is 11.8. The first-order valence-corrected chi connectivity index (χ1v) is 7.13. The van der Waals surface area contributed by atoms with Crippen LogP contribution in [0.2, 0.25) is 0 Å². The van der Waals surface area contributed by atoms with Crippen LogP contribution in [-0.4, -0.2) is 17.7 Å². The maximum Gasteiger partial charge on any atom is 0.123 e. The average molecular weight is 265 g/mol. The summed E-state index contributed by atoms with van der Waals surface area (Å²) < 4.78 is 12.8. The lowest BCUT2D eigenvalue weighted by Gasteiger charge is -2.35. The summed E-state index contributed by atoms with van der Waals surface area (Å²) in [6, 6.07) is 6.57. The van der Waals surface area contributed by atoms with E-state index < -0.39 is 6.10 Å². The fourth-order valence-electron chi connectivity index (χ4n) is 2.68. The number of nitrogens with one attached hydrogen (secondary N) is 1. The number of aliphatic hydroxyl groups excluding tert-OH is 1. The number of aliphatic hydroxyl groups is 1. The Hall–Kier alpha value is -0.930. The van der Waals surface area contributed by atoms with Crippen LogP contribution in [0.5, 0.6) is 0 Å². The highest BCUT2D eigenvalue weighted by Gasteiger charge is 2.26. The van der Waals surface area contributed by atoms with E-state index in [1.165, 1.54) is 37.8 Å². The van der Waals surface area contributed by atoms with Crippen molar-refractivity contribution in [2.45, 2.75) is 51.7 Å². The smallest absolute Gasteiger partial charge is 0.123 e. The molecule has 1 atom stereocenters. The monoisotopic (exact) mass is 265 g/mol. The van der Waals surface area contributed by atoms with Gasteiger partial charge in [0.2, 0.25) is 0 Å². The molecule has 0 heterocycles. The molecule has 1 aromatic carbocycles. The van der Waals surface area contributed by atoms with Crippen LogP contribution < -0.4 is 5.32 Å². The first kappa shape index (κ1) is 14.5. The highest BCUT2D eigenvalue weighted by molar-refractivity contribution is 5.18. The minimum absolute atomic E-state index is 0.265. The molecule has 3 heteroatoms. The van der Waals surface area contributed by atoms with Crippen molar-refractivity contribution in [3.63, 3.8) is 0 Å². The van der Waals surface area contributed by atoms with E-state index in [1.807, 2.05) is 0 Å². The Morgan fingerprint density at radius 1 is 1.26 bits per heavy atom. The van der Waals surface area contributed by atoms with Crippen molar-refractivity contribution in [1.82, 2.24) is 5.32 Å². The second kappa shape index (κ2) is 6.02. The van der Waals surface area contributed by atoms with Crippen LogP contribution in [-0.2, 0) is 0 Å². The van der Waals surface area contributed by atoms with Gasteiger partial charge in [-0.15, -0.1) is 0 Å². The van der Waals surface area contributed by atoms with Gasteiger partial charge in [-0.3, -0.25) is 0 Å². The Bertz CT molecular complexity index is 392. The predicted molar refractivity (Wildman–Crippen MR) is 75.4 cm³/mol. The summed E-state index contributed by atoms with van der Waals surface area (Å²) >= 11 is 0. The van der Waals surface area contributed by atoms with Gasteiger partial charge in [-0.1, -0.05) is 26.0 Å². The third kappa shape index (κ3) is 4.29. The van der Waals surface area contributed by atoms with E-state index in [1.54, 1.807) is 12.1 Å². The maximum absolute atomic E-state index is 12.8. The molecule has 106 valence electrons. The maximum atomic E-state index is 12.8.